The highest BCUT2D eigenvalue weighted by atomic mass is 16.4. The molecule has 4 heteroatoms. The van der Waals surface area contributed by atoms with Gasteiger partial charge in [-0.2, -0.15) is 0 Å². The summed E-state index contributed by atoms with van der Waals surface area (Å²) in [5.41, 5.74) is -0.753. The van der Waals surface area contributed by atoms with Crippen molar-refractivity contribution in [3.05, 3.63) is 11.6 Å². The van der Waals surface area contributed by atoms with Crippen LogP contribution in [0.15, 0.2) is 11.6 Å². The van der Waals surface area contributed by atoms with E-state index in [9.17, 15) is 19.8 Å². The summed E-state index contributed by atoms with van der Waals surface area (Å²) >= 11 is 0. The fraction of sp³-hybridized carbons (Fsp3) is 0.714. The van der Waals surface area contributed by atoms with Crippen LogP contribution in [0, 0.1) is 5.41 Å². The number of carbonyl (C=O) groups is 2. The number of hydrogen-bond acceptors (Lipinski definition) is 4. The lowest BCUT2D eigenvalue weighted by atomic mass is 9.71. The Morgan fingerprint density at radius 2 is 1.61 bits per heavy atom. The number of rotatable bonds is 9. The SMILES string of the molecule is CCCCCC(CC)(CC)/C(=C/C(=O)[O-])C(=O)[O-]. The van der Waals surface area contributed by atoms with E-state index in [0.29, 0.717) is 25.3 Å². The normalized spacial score (nSPS) is 12.5. The van der Waals surface area contributed by atoms with Crippen molar-refractivity contribution in [2.75, 3.05) is 0 Å². The molecule has 0 aliphatic carbocycles. The first kappa shape index (κ1) is 16.7. The third kappa shape index (κ3) is 4.51. The van der Waals surface area contributed by atoms with Crippen molar-refractivity contribution in [3.8, 4) is 0 Å². The zero-order valence-corrected chi connectivity index (χ0v) is 11.5. The number of carboxylic acid groups (broad SMARTS) is 2. The van der Waals surface area contributed by atoms with Gasteiger partial charge in [-0.1, -0.05) is 40.0 Å². The molecule has 0 saturated heterocycles. The van der Waals surface area contributed by atoms with Crippen LogP contribution in [0.2, 0.25) is 0 Å². The van der Waals surface area contributed by atoms with Gasteiger partial charge in [0, 0.05) is 0 Å². The van der Waals surface area contributed by atoms with Gasteiger partial charge in [0.2, 0.25) is 0 Å². The predicted octanol–water partition coefficient (Wildman–Crippen LogP) is 0.799. The molecule has 0 spiro atoms. The Morgan fingerprint density at radius 3 is 1.94 bits per heavy atom. The van der Waals surface area contributed by atoms with Gasteiger partial charge in [-0.25, -0.2) is 0 Å². The van der Waals surface area contributed by atoms with E-state index in [0.717, 1.165) is 19.3 Å². The third-order valence-electron chi connectivity index (χ3n) is 3.67. The van der Waals surface area contributed by atoms with Gasteiger partial charge in [0.15, 0.2) is 0 Å². The first-order valence-electron chi connectivity index (χ1n) is 6.58. The molecule has 4 nitrogen and oxygen atoms in total. The molecule has 0 aliphatic rings. The molecule has 0 rings (SSSR count). The van der Waals surface area contributed by atoms with E-state index in [1.165, 1.54) is 0 Å². The smallest absolute Gasteiger partial charge is 0.0681 e. The molecule has 0 bridgehead atoms. The largest absolute Gasteiger partial charge is 0.545 e. The van der Waals surface area contributed by atoms with E-state index < -0.39 is 17.4 Å². The average Bonchev–Trinajstić information content (AvgIpc) is 2.32. The molecular weight excluding hydrogens is 232 g/mol. The second kappa shape index (κ2) is 7.90. The number of aliphatic carboxylic acids is 2. The Kier molecular flexibility index (Phi) is 7.32. The van der Waals surface area contributed by atoms with Crippen molar-refractivity contribution in [1.82, 2.24) is 0 Å². The van der Waals surface area contributed by atoms with Crippen LogP contribution in [0.25, 0.3) is 0 Å². The van der Waals surface area contributed by atoms with E-state index in [4.69, 9.17) is 0 Å². The van der Waals surface area contributed by atoms with E-state index in [2.05, 4.69) is 6.92 Å². The van der Waals surface area contributed by atoms with Crippen LogP contribution in [0.3, 0.4) is 0 Å². The molecule has 0 aromatic heterocycles. The first-order chi connectivity index (χ1) is 8.43. The summed E-state index contributed by atoms with van der Waals surface area (Å²) in [5.74, 6) is -2.88. The quantitative estimate of drug-likeness (QED) is 0.450. The van der Waals surface area contributed by atoms with Crippen LogP contribution < -0.4 is 10.2 Å². The Hall–Kier alpha value is -1.32. The topological polar surface area (TPSA) is 80.3 Å². The molecule has 0 unspecified atom stereocenters. The number of carboxylic acids is 2. The fourth-order valence-corrected chi connectivity index (χ4v) is 2.38. The number of hydrogen-bond donors (Lipinski definition) is 0. The van der Waals surface area contributed by atoms with Gasteiger partial charge in [0.05, 0.1) is 11.9 Å². The average molecular weight is 254 g/mol. The van der Waals surface area contributed by atoms with Crippen LogP contribution in [0.1, 0.15) is 59.3 Å². The lowest BCUT2D eigenvalue weighted by Gasteiger charge is -2.35. The molecule has 0 heterocycles. The van der Waals surface area contributed by atoms with Crippen LogP contribution in [0.5, 0.6) is 0 Å². The minimum Gasteiger partial charge on any atom is -0.545 e. The van der Waals surface area contributed by atoms with Gasteiger partial charge < -0.3 is 19.8 Å². The van der Waals surface area contributed by atoms with Gasteiger partial charge in [0.1, 0.15) is 0 Å². The fourth-order valence-electron chi connectivity index (χ4n) is 2.38. The summed E-state index contributed by atoms with van der Waals surface area (Å²) in [4.78, 5) is 21.8. The maximum atomic E-state index is 11.2. The van der Waals surface area contributed by atoms with Crippen molar-refractivity contribution in [3.63, 3.8) is 0 Å². The minimum atomic E-state index is -1.48. The zero-order chi connectivity index (χ0) is 14.2. The lowest BCUT2D eigenvalue weighted by molar-refractivity contribution is -0.304. The first-order valence-corrected chi connectivity index (χ1v) is 6.58. The maximum Gasteiger partial charge on any atom is 0.0681 e. The Bertz CT molecular complexity index is 314. The molecule has 0 aliphatic heterocycles. The van der Waals surface area contributed by atoms with Crippen LogP contribution in [-0.4, -0.2) is 11.9 Å². The molecule has 0 amide bonds. The molecule has 0 radical (unpaired) electrons. The standard InChI is InChI=1S/C14H24O4/c1-4-7-8-9-14(5-2,6-3)11(13(17)18)10-12(15)16/h10H,4-9H2,1-3H3,(H,15,16)(H,17,18)/p-2/b11-10+. The zero-order valence-electron chi connectivity index (χ0n) is 11.5. The molecule has 0 saturated carbocycles. The van der Waals surface area contributed by atoms with Crippen molar-refractivity contribution < 1.29 is 19.8 Å². The van der Waals surface area contributed by atoms with Gasteiger partial charge in [-0.3, -0.25) is 0 Å². The molecular formula is C14H22O4-2. The summed E-state index contributed by atoms with van der Waals surface area (Å²) in [6.45, 7) is 5.82. The third-order valence-corrected chi connectivity index (χ3v) is 3.67. The second-order valence-electron chi connectivity index (χ2n) is 4.61. The molecule has 18 heavy (non-hydrogen) atoms. The van der Waals surface area contributed by atoms with Crippen molar-refractivity contribution >= 4 is 11.9 Å². The van der Waals surface area contributed by atoms with E-state index in [1.807, 2.05) is 13.8 Å². The highest BCUT2D eigenvalue weighted by molar-refractivity contribution is 5.94. The van der Waals surface area contributed by atoms with Crippen molar-refractivity contribution in [2.45, 2.75) is 59.3 Å². The molecule has 0 aromatic rings. The van der Waals surface area contributed by atoms with Gasteiger partial charge in [-0.05, 0) is 36.3 Å². The molecule has 104 valence electrons. The Morgan fingerprint density at radius 1 is 1.06 bits per heavy atom. The van der Waals surface area contributed by atoms with Gasteiger partial charge in [-0.15, -0.1) is 0 Å². The highest BCUT2D eigenvalue weighted by Crippen LogP contribution is 2.40. The van der Waals surface area contributed by atoms with Gasteiger partial charge >= 0.3 is 0 Å². The lowest BCUT2D eigenvalue weighted by Crippen LogP contribution is -2.37. The number of unbranched alkanes of at least 4 members (excludes halogenated alkanes) is 2. The van der Waals surface area contributed by atoms with Crippen LogP contribution in [-0.2, 0) is 9.59 Å². The molecule has 0 atom stereocenters. The molecule has 0 aromatic carbocycles. The summed E-state index contributed by atoms with van der Waals surface area (Å²) < 4.78 is 0. The molecule has 0 N–H and O–H groups in total. The van der Waals surface area contributed by atoms with Crippen LogP contribution >= 0.6 is 0 Å². The molecule has 0 fully saturated rings. The van der Waals surface area contributed by atoms with E-state index >= 15 is 0 Å². The van der Waals surface area contributed by atoms with Gasteiger partial charge in [0.25, 0.3) is 0 Å². The Labute approximate surface area is 109 Å². The van der Waals surface area contributed by atoms with Crippen molar-refractivity contribution in [2.24, 2.45) is 5.41 Å². The summed E-state index contributed by atoms with van der Waals surface area (Å²) in [5, 5.41) is 21.8. The summed E-state index contributed by atoms with van der Waals surface area (Å²) in [6.07, 6.45) is 5.45. The highest BCUT2D eigenvalue weighted by Gasteiger charge is 2.30. The Balaban J connectivity index is 5.24. The number of carbonyl (C=O) groups excluding carboxylic acids is 2. The predicted molar refractivity (Wildman–Crippen MR) is 65.3 cm³/mol. The van der Waals surface area contributed by atoms with Crippen LogP contribution in [0.4, 0.5) is 0 Å². The summed E-state index contributed by atoms with van der Waals surface area (Å²) in [6, 6.07) is 0. The maximum absolute atomic E-state index is 11.2. The van der Waals surface area contributed by atoms with Crippen molar-refractivity contribution in [1.29, 1.82) is 0 Å². The second-order valence-corrected chi connectivity index (χ2v) is 4.61. The summed E-state index contributed by atoms with van der Waals surface area (Å²) in [7, 11) is 0. The monoisotopic (exact) mass is 254 g/mol. The van der Waals surface area contributed by atoms with E-state index in [-0.39, 0.29) is 5.57 Å². The minimum absolute atomic E-state index is 0.136. The van der Waals surface area contributed by atoms with E-state index in [1.54, 1.807) is 0 Å².